The molecular formula is C18H36CsNO. The molecule has 1 amide bonds. The van der Waals surface area contributed by atoms with Gasteiger partial charge in [-0.15, -0.1) is 0 Å². The van der Waals surface area contributed by atoms with Gasteiger partial charge >= 0.3 is 68.9 Å². The fraction of sp³-hybridized carbons (Fsp3) is 0.833. The first kappa shape index (κ1) is 24.5. The molecule has 120 valence electrons. The predicted octanol–water partition coefficient (Wildman–Crippen LogP) is 4.86. The van der Waals surface area contributed by atoms with E-state index in [-0.39, 0.29) is 74.8 Å². The van der Waals surface area contributed by atoms with Gasteiger partial charge in [0.25, 0.3) is 0 Å². The van der Waals surface area contributed by atoms with Gasteiger partial charge in [-0.3, -0.25) is 4.79 Å². The van der Waals surface area contributed by atoms with E-state index >= 15 is 0 Å². The van der Waals surface area contributed by atoms with E-state index in [1.54, 1.807) is 0 Å². The average Bonchev–Trinajstić information content (AvgIpc) is 2.43. The SMILES string of the molecule is CCCCCCCC/C=C\CCCCCCCC(N)=O.[CsH]. The van der Waals surface area contributed by atoms with Crippen LogP contribution < -0.4 is 5.73 Å². The number of nitrogens with two attached hydrogens (primary N) is 1. The molecule has 0 aliphatic rings. The van der Waals surface area contributed by atoms with Crippen molar-refractivity contribution in [1.29, 1.82) is 0 Å². The summed E-state index contributed by atoms with van der Waals surface area (Å²) in [4.78, 5) is 10.5. The van der Waals surface area contributed by atoms with Gasteiger partial charge in [-0.25, -0.2) is 0 Å². The molecule has 0 rings (SSSR count). The first-order valence-electron chi connectivity index (χ1n) is 8.70. The molecule has 21 heavy (non-hydrogen) atoms. The molecule has 0 atom stereocenters. The van der Waals surface area contributed by atoms with Gasteiger partial charge in [0.2, 0.25) is 5.91 Å². The van der Waals surface area contributed by atoms with Crippen LogP contribution in [0.15, 0.2) is 12.2 Å². The summed E-state index contributed by atoms with van der Waals surface area (Å²) in [6.45, 7) is 2.26. The van der Waals surface area contributed by atoms with Crippen molar-refractivity contribution in [2.75, 3.05) is 0 Å². The Morgan fingerprint density at radius 3 is 1.67 bits per heavy atom. The van der Waals surface area contributed by atoms with E-state index in [4.69, 9.17) is 5.73 Å². The van der Waals surface area contributed by atoms with Gasteiger partial charge < -0.3 is 5.73 Å². The van der Waals surface area contributed by atoms with Crippen molar-refractivity contribution in [1.82, 2.24) is 0 Å². The summed E-state index contributed by atoms with van der Waals surface area (Å²) in [6.07, 6.45) is 21.9. The minimum atomic E-state index is -0.164. The van der Waals surface area contributed by atoms with Crippen molar-refractivity contribution in [2.24, 2.45) is 5.73 Å². The number of hydrogen-bond acceptors (Lipinski definition) is 1. The molecule has 0 saturated carbocycles. The van der Waals surface area contributed by atoms with Gasteiger partial charge in [0.1, 0.15) is 0 Å². The van der Waals surface area contributed by atoms with E-state index in [2.05, 4.69) is 19.1 Å². The van der Waals surface area contributed by atoms with E-state index in [0.717, 1.165) is 12.8 Å². The summed E-state index contributed by atoms with van der Waals surface area (Å²) in [6, 6.07) is 0. The zero-order valence-electron chi connectivity index (χ0n) is 13.5. The Hall–Kier alpha value is 1.26. The van der Waals surface area contributed by atoms with Crippen LogP contribution in [0.5, 0.6) is 0 Å². The number of rotatable bonds is 15. The molecule has 0 aliphatic heterocycles. The molecule has 0 unspecified atom stereocenters. The van der Waals surface area contributed by atoms with Crippen molar-refractivity contribution >= 4 is 74.8 Å². The van der Waals surface area contributed by atoms with Gasteiger partial charge in [-0.05, 0) is 32.1 Å². The summed E-state index contributed by atoms with van der Waals surface area (Å²) in [7, 11) is 0. The molecule has 0 spiro atoms. The summed E-state index contributed by atoms with van der Waals surface area (Å²) in [5, 5.41) is 0. The third-order valence-corrected chi connectivity index (χ3v) is 3.68. The number of unbranched alkanes of at least 4 members (excludes halogenated alkanes) is 11. The predicted molar refractivity (Wildman–Crippen MR) is 95.8 cm³/mol. The molecule has 2 nitrogen and oxygen atoms in total. The van der Waals surface area contributed by atoms with E-state index in [0.29, 0.717) is 6.42 Å². The molecule has 0 saturated heterocycles. The minimum absolute atomic E-state index is 0. The normalized spacial score (nSPS) is 10.7. The molecule has 0 aliphatic carbocycles. The zero-order chi connectivity index (χ0) is 14.9. The maximum atomic E-state index is 10.5. The van der Waals surface area contributed by atoms with Crippen LogP contribution in [0.3, 0.4) is 0 Å². The van der Waals surface area contributed by atoms with E-state index in [1.807, 2.05) is 0 Å². The van der Waals surface area contributed by atoms with Crippen LogP contribution in [0.2, 0.25) is 0 Å². The number of amides is 1. The molecule has 3 heteroatoms. The van der Waals surface area contributed by atoms with Gasteiger partial charge in [0, 0.05) is 6.42 Å². The number of hydrogen-bond donors (Lipinski definition) is 1. The van der Waals surface area contributed by atoms with E-state index in [1.165, 1.54) is 70.6 Å². The van der Waals surface area contributed by atoms with Crippen LogP contribution in [0.4, 0.5) is 0 Å². The number of carbonyl (C=O) groups is 1. The van der Waals surface area contributed by atoms with Crippen LogP contribution in [0.1, 0.15) is 96.8 Å². The molecule has 0 bridgehead atoms. The van der Waals surface area contributed by atoms with Crippen LogP contribution in [0.25, 0.3) is 0 Å². The Morgan fingerprint density at radius 1 is 0.762 bits per heavy atom. The fourth-order valence-corrected chi connectivity index (χ4v) is 2.37. The number of primary amides is 1. The first-order chi connectivity index (χ1) is 9.77. The molecule has 0 heterocycles. The Kier molecular flexibility index (Phi) is 24.8. The standard InChI is InChI=1S/C18H35NO.Cs.H/c1-2-3-4-5-6-7-8-9-10-11-12-13-14-15-16-17-18(19)20;;/h9-10H,2-8,11-17H2,1H3,(H2,19,20);;/b10-9-;;. The second kappa shape index (κ2) is 21.3. The van der Waals surface area contributed by atoms with Gasteiger partial charge in [-0.1, -0.05) is 70.4 Å². The Balaban J connectivity index is 0. The summed E-state index contributed by atoms with van der Waals surface area (Å²) in [5.74, 6) is -0.164. The zero-order valence-corrected chi connectivity index (χ0v) is 13.5. The second-order valence-corrected chi connectivity index (χ2v) is 5.80. The van der Waals surface area contributed by atoms with Crippen molar-refractivity contribution in [3.05, 3.63) is 12.2 Å². The summed E-state index contributed by atoms with van der Waals surface area (Å²) < 4.78 is 0. The van der Waals surface area contributed by atoms with Crippen LogP contribution in [0, 0.1) is 0 Å². The van der Waals surface area contributed by atoms with Crippen molar-refractivity contribution in [2.45, 2.75) is 96.8 Å². The van der Waals surface area contributed by atoms with Crippen molar-refractivity contribution < 1.29 is 4.79 Å². The third kappa shape index (κ3) is 23.7. The van der Waals surface area contributed by atoms with Gasteiger partial charge in [0.05, 0.1) is 0 Å². The Bertz CT molecular complexity index is 241. The monoisotopic (exact) mass is 415 g/mol. The molecule has 0 aromatic carbocycles. The van der Waals surface area contributed by atoms with Crippen LogP contribution >= 0.6 is 0 Å². The van der Waals surface area contributed by atoms with Gasteiger partial charge in [-0.2, -0.15) is 0 Å². The molecular weight excluding hydrogens is 379 g/mol. The van der Waals surface area contributed by atoms with Crippen molar-refractivity contribution in [3.8, 4) is 0 Å². The second-order valence-electron chi connectivity index (χ2n) is 5.80. The van der Waals surface area contributed by atoms with E-state index < -0.39 is 0 Å². The first-order valence-corrected chi connectivity index (χ1v) is 8.70. The van der Waals surface area contributed by atoms with Gasteiger partial charge in [0.15, 0.2) is 0 Å². The topological polar surface area (TPSA) is 43.1 Å². The Labute approximate surface area is 191 Å². The number of carbonyl (C=O) groups excluding carboxylic acids is 1. The molecule has 0 aromatic rings. The molecule has 0 aromatic heterocycles. The summed E-state index contributed by atoms with van der Waals surface area (Å²) >= 11 is 0. The van der Waals surface area contributed by atoms with Crippen LogP contribution in [-0.4, -0.2) is 74.8 Å². The molecule has 0 radical (unpaired) electrons. The molecule has 0 fully saturated rings. The molecule has 2 N–H and O–H groups in total. The van der Waals surface area contributed by atoms with Crippen molar-refractivity contribution in [3.63, 3.8) is 0 Å². The number of allylic oxidation sites excluding steroid dienone is 2. The average molecular weight is 415 g/mol. The summed E-state index contributed by atoms with van der Waals surface area (Å²) in [5.41, 5.74) is 5.10. The fourth-order valence-electron chi connectivity index (χ4n) is 2.37. The van der Waals surface area contributed by atoms with E-state index in [9.17, 15) is 4.79 Å². The Morgan fingerprint density at radius 2 is 1.19 bits per heavy atom. The third-order valence-electron chi connectivity index (χ3n) is 3.68. The van der Waals surface area contributed by atoms with Crippen LogP contribution in [-0.2, 0) is 4.79 Å². The maximum absolute atomic E-state index is 10.5. The quantitative estimate of drug-likeness (QED) is 0.301.